The number of aromatic nitrogens is 2. The summed E-state index contributed by atoms with van der Waals surface area (Å²) in [4.78, 5) is 7.31. The molecule has 0 saturated carbocycles. The molecule has 0 aliphatic heterocycles. The number of benzene rings is 2. The lowest BCUT2D eigenvalue weighted by Gasteiger charge is -2.01. The molecule has 0 fully saturated rings. The van der Waals surface area contributed by atoms with Crippen molar-refractivity contribution >= 4 is 38.6 Å². The number of fused-ring (bicyclic) bond motifs is 1. The van der Waals surface area contributed by atoms with Crippen molar-refractivity contribution in [1.82, 2.24) is 9.97 Å². The van der Waals surface area contributed by atoms with Crippen molar-refractivity contribution in [2.75, 3.05) is 0 Å². The third-order valence-corrected chi connectivity index (χ3v) is 3.97. The van der Waals surface area contributed by atoms with Crippen molar-refractivity contribution < 1.29 is 4.39 Å². The van der Waals surface area contributed by atoms with Crippen molar-refractivity contribution in [1.29, 1.82) is 0 Å². The van der Waals surface area contributed by atoms with Gasteiger partial charge in [-0.15, -0.1) is 0 Å². The summed E-state index contributed by atoms with van der Waals surface area (Å²) >= 11 is 9.55. The van der Waals surface area contributed by atoms with Gasteiger partial charge < -0.3 is 4.98 Å². The highest BCUT2D eigenvalue weighted by Gasteiger charge is 2.12. The molecule has 3 aromatic rings. The average Bonchev–Trinajstić information content (AvgIpc) is 2.78. The summed E-state index contributed by atoms with van der Waals surface area (Å²) in [5.41, 5.74) is 1.71. The van der Waals surface area contributed by atoms with Crippen LogP contribution in [-0.2, 0) is 0 Å². The Bertz CT molecular complexity index is 739. The second-order valence-electron chi connectivity index (χ2n) is 3.82. The van der Waals surface area contributed by atoms with Crippen LogP contribution in [0, 0.1) is 5.82 Å². The van der Waals surface area contributed by atoms with Gasteiger partial charge in [0.15, 0.2) is 5.82 Å². The van der Waals surface area contributed by atoms with Crippen molar-refractivity contribution in [3.8, 4) is 11.4 Å². The maximum Gasteiger partial charge on any atom is 0.151 e. The standard InChI is InChI=1S/C13H7BrClFN2/c14-8-4-1-3-7(11(8)15)13-17-10-6-2-5-9(16)12(10)18-13/h1-6H,(H,17,18). The van der Waals surface area contributed by atoms with E-state index in [0.29, 0.717) is 21.9 Å². The number of halogens is 3. The first-order valence-corrected chi connectivity index (χ1v) is 6.42. The summed E-state index contributed by atoms with van der Waals surface area (Å²) in [5, 5.41) is 0.553. The first-order valence-electron chi connectivity index (χ1n) is 5.25. The van der Waals surface area contributed by atoms with E-state index >= 15 is 0 Å². The molecular formula is C13H7BrClFN2. The van der Waals surface area contributed by atoms with Crippen molar-refractivity contribution in [3.63, 3.8) is 0 Å². The number of nitrogens with zero attached hydrogens (tertiary/aromatic N) is 1. The minimum absolute atomic E-state index is 0.323. The fraction of sp³-hybridized carbons (Fsp3) is 0. The highest BCUT2D eigenvalue weighted by Crippen LogP contribution is 2.33. The van der Waals surface area contributed by atoms with E-state index in [1.807, 2.05) is 18.2 Å². The first kappa shape index (κ1) is 11.7. The normalized spacial score (nSPS) is 11.1. The van der Waals surface area contributed by atoms with Crippen LogP contribution in [0.5, 0.6) is 0 Å². The van der Waals surface area contributed by atoms with E-state index in [0.717, 1.165) is 10.0 Å². The van der Waals surface area contributed by atoms with Gasteiger partial charge in [0.2, 0.25) is 0 Å². The third kappa shape index (κ3) is 1.82. The summed E-state index contributed by atoms with van der Waals surface area (Å²) < 4.78 is 14.4. The Morgan fingerprint density at radius 3 is 2.72 bits per heavy atom. The molecule has 5 heteroatoms. The van der Waals surface area contributed by atoms with Crippen molar-refractivity contribution in [2.24, 2.45) is 0 Å². The molecule has 2 aromatic carbocycles. The van der Waals surface area contributed by atoms with Gasteiger partial charge in [-0.05, 0) is 40.2 Å². The Kier molecular flexibility index (Phi) is 2.84. The van der Waals surface area contributed by atoms with Gasteiger partial charge in [-0.25, -0.2) is 9.37 Å². The molecule has 18 heavy (non-hydrogen) atoms. The van der Waals surface area contributed by atoms with Crippen LogP contribution in [0.3, 0.4) is 0 Å². The largest absolute Gasteiger partial charge is 0.338 e. The summed E-state index contributed by atoms with van der Waals surface area (Å²) in [6.07, 6.45) is 0. The second kappa shape index (κ2) is 4.37. The predicted molar refractivity (Wildman–Crippen MR) is 74.2 cm³/mol. The summed E-state index contributed by atoms with van der Waals surface area (Å²) in [6.45, 7) is 0. The lowest BCUT2D eigenvalue weighted by Crippen LogP contribution is -1.82. The highest BCUT2D eigenvalue weighted by atomic mass is 79.9. The fourth-order valence-corrected chi connectivity index (χ4v) is 2.39. The smallest absolute Gasteiger partial charge is 0.151 e. The fourth-order valence-electron chi connectivity index (χ4n) is 1.81. The molecule has 0 amide bonds. The van der Waals surface area contributed by atoms with E-state index in [9.17, 15) is 4.39 Å². The molecule has 1 aromatic heterocycles. The molecule has 0 radical (unpaired) electrons. The minimum atomic E-state index is -0.346. The number of aromatic amines is 1. The van der Waals surface area contributed by atoms with Crippen LogP contribution in [0.25, 0.3) is 22.4 Å². The predicted octanol–water partition coefficient (Wildman–Crippen LogP) is 4.78. The molecule has 0 bridgehead atoms. The number of nitrogens with one attached hydrogen (secondary N) is 1. The summed E-state index contributed by atoms with van der Waals surface area (Å²) in [6, 6.07) is 10.3. The molecule has 0 spiro atoms. The van der Waals surface area contributed by atoms with Crippen LogP contribution in [0.15, 0.2) is 40.9 Å². The molecule has 90 valence electrons. The lowest BCUT2D eigenvalue weighted by molar-refractivity contribution is 0.637. The Balaban J connectivity index is 2.26. The van der Waals surface area contributed by atoms with Gasteiger partial charge >= 0.3 is 0 Å². The maximum absolute atomic E-state index is 13.6. The van der Waals surface area contributed by atoms with E-state index in [4.69, 9.17) is 11.6 Å². The first-order chi connectivity index (χ1) is 8.66. The number of rotatable bonds is 1. The van der Waals surface area contributed by atoms with Crippen LogP contribution in [0.1, 0.15) is 0 Å². The molecule has 0 unspecified atom stereocenters. The summed E-state index contributed by atoms with van der Waals surface area (Å²) in [5.74, 6) is 0.211. The Morgan fingerprint density at radius 1 is 1.17 bits per heavy atom. The van der Waals surface area contributed by atoms with Gasteiger partial charge in [-0.1, -0.05) is 23.7 Å². The van der Waals surface area contributed by atoms with Crippen molar-refractivity contribution in [2.45, 2.75) is 0 Å². The molecule has 1 heterocycles. The highest BCUT2D eigenvalue weighted by molar-refractivity contribution is 9.10. The van der Waals surface area contributed by atoms with Crippen LogP contribution >= 0.6 is 27.5 Å². The van der Waals surface area contributed by atoms with Gasteiger partial charge in [0, 0.05) is 10.0 Å². The SMILES string of the molecule is Fc1cccc2[nH]c(-c3cccc(Br)c3Cl)nc12. The Hall–Kier alpha value is -1.39. The monoisotopic (exact) mass is 324 g/mol. The number of para-hydroxylation sites is 1. The van der Waals surface area contributed by atoms with Gasteiger partial charge in [-0.2, -0.15) is 0 Å². The third-order valence-electron chi connectivity index (χ3n) is 2.67. The number of imidazole rings is 1. The number of hydrogen-bond acceptors (Lipinski definition) is 1. The van der Waals surface area contributed by atoms with Gasteiger partial charge in [0.1, 0.15) is 11.3 Å². The van der Waals surface area contributed by atoms with E-state index in [2.05, 4.69) is 25.9 Å². The topological polar surface area (TPSA) is 28.7 Å². The zero-order valence-electron chi connectivity index (χ0n) is 9.05. The van der Waals surface area contributed by atoms with Gasteiger partial charge in [-0.3, -0.25) is 0 Å². The van der Waals surface area contributed by atoms with Gasteiger partial charge in [0.05, 0.1) is 10.5 Å². The molecule has 0 aliphatic rings. The van der Waals surface area contributed by atoms with Crippen LogP contribution in [0.2, 0.25) is 5.02 Å². The Morgan fingerprint density at radius 2 is 1.94 bits per heavy atom. The maximum atomic E-state index is 13.6. The quantitative estimate of drug-likeness (QED) is 0.685. The molecule has 0 saturated heterocycles. The zero-order chi connectivity index (χ0) is 12.7. The van der Waals surface area contributed by atoms with Gasteiger partial charge in [0.25, 0.3) is 0 Å². The molecule has 2 nitrogen and oxygen atoms in total. The molecular weight excluding hydrogens is 319 g/mol. The average molecular weight is 326 g/mol. The number of hydrogen-bond donors (Lipinski definition) is 1. The molecule has 0 aliphatic carbocycles. The van der Waals surface area contributed by atoms with E-state index in [-0.39, 0.29) is 5.82 Å². The lowest BCUT2D eigenvalue weighted by atomic mass is 10.2. The Labute approximate surface area is 116 Å². The minimum Gasteiger partial charge on any atom is -0.338 e. The second-order valence-corrected chi connectivity index (χ2v) is 5.06. The molecule has 1 N–H and O–H groups in total. The molecule has 0 atom stereocenters. The molecule has 3 rings (SSSR count). The van der Waals surface area contributed by atoms with E-state index in [1.54, 1.807) is 12.1 Å². The van der Waals surface area contributed by atoms with Crippen LogP contribution in [0.4, 0.5) is 4.39 Å². The zero-order valence-corrected chi connectivity index (χ0v) is 11.4. The van der Waals surface area contributed by atoms with E-state index < -0.39 is 0 Å². The summed E-state index contributed by atoms with van der Waals surface area (Å²) in [7, 11) is 0. The van der Waals surface area contributed by atoms with Crippen molar-refractivity contribution in [3.05, 3.63) is 51.7 Å². The number of H-pyrrole nitrogens is 1. The van der Waals surface area contributed by atoms with Crippen LogP contribution in [-0.4, -0.2) is 9.97 Å². The van der Waals surface area contributed by atoms with Crippen LogP contribution < -0.4 is 0 Å². The van der Waals surface area contributed by atoms with E-state index in [1.165, 1.54) is 6.07 Å².